The topological polar surface area (TPSA) is 54.5 Å². The largest absolute Gasteiger partial charge is 0.326 e. The first-order valence-corrected chi connectivity index (χ1v) is 7.27. The number of fused-ring (bicyclic) bond motifs is 1. The van der Waals surface area contributed by atoms with Crippen molar-refractivity contribution in [2.24, 2.45) is 5.92 Å². The summed E-state index contributed by atoms with van der Waals surface area (Å²) in [6.45, 7) is 3.89. The molecular weight excluding hydrogens is 238 g/mol. The maximum atomic E-state index is 11.9. The molecule has 1 amide bonds. The molecule has 3 fully saturated rings. The van der Waals surface area contributed by atoms with Crippen molar-refractivity contribution in [3.8, 4) is 12.3 Å². The average Bonchev–Trinajstić information content (AvgIpc) is 2.80. The van der Waals surface area contributed by atoms with Gasteiger partial charge in [0.15, 0.2) is 9.84 Å². The van der Waals surface area contributed by atoms with E-state index in [1.165, 1.54) is 0 Å². The molecule has 5 heteroatoms. The van der Waals surface area contributed by atoms with Crippen LogP contribution in [0.4, 0.5) is 0 Å². The average molecular weight is 253 g/mol. The van der Waals surface area contributed by atoms with Gasteiger partial charge in [0, 0.05) is 18.4 Å². The van der Waals surface area contributed by atoms with Crippen LogP contribution in [0.25, 0.3) is 0 Å². The van der Waals surface area contributed by atoms with Crippen molar-refractivity contribution in [1.82, 2.24) is 4.90 Å². The van der Waals surface area contributed by atoms with Gasteiger partial charge in [0.1, 0.15) is 5.54 Å². The summed E-state index contributed by atoms with van der Waals surface area (Å²) in [7, 11) is -3.31. The van der Waals surface area contributed by atoms with Gasteiger partial charge in [0.2, 0.25) is 5.91 Å². The van der Waals surface area contributed by atoms with Crippen molar-refractivity contribution in [2.75, 3.05) is 12.3 Å². The van der Waals surface area contributed by atoms with Crippen LogP contribution in [0.2, 0.25) is 0 Å². The van der Waals surface area contributed by atoms with Gasteiger partial charge in [0.25, 0.3) is 0 Å². The van der Waals surface area contributed by atoms with E-state index in [1.54, 1.807) is 4.90 Å². The predicted molar refractivity (Wildman–Crippen MR) is 64.6 cm³/mol. The Morgan fingerprint density at radius 2 is 2.24 bits per heavy atom. The lowest BCUT2D eigenvalue weighted by Crippen LogP contribution is -2.47. The summed E-state index contributed by atoms with van der Waals surface area (Å²) < 4.78 is 22.5. The second-order valence-corrected chi connectivity index (χ2v) is 6.81. The highest BCUT2D eigenvalue weighted by Gasteiger charge is 2.56. The molecule has 2 aliphatic heterocycles. The molecule has 0 N–H and O–H groups in total. The molecule has 4 nitrogen and oxygen atoms in total. The molecule has 3 aliphatic rings. The summed E-state index contributed by atoms with van der Waals surface area (Å²) in [5.41, 5.74) is -0.417. The molecular formula is C12H15NO3S. The highest BCUT2D eigenvalue weighted by atomic mass is 32.2. The fourth-order valence-electron chi connectivity index (χ4n) is 2.66. The third kappa shape index (κ3) is 1.98. The first kappa shape index (κ1) is 12.2. The Balaban J connectivity index is 1.99. The van der Waals surface area contributed by atoms with Crippen molar-refractivity contribution in [3.05, 3.63) is 12.0 Å². The first-order chi connectivity index (χ1) is 7.92. The van der Waals surface area contributed by atoms with Crippen LogP contribution in [-0.4, -0.2) is 37.1 Å². The van der Waals surface area contributed by atoms with Gasteiger partial charge in [-0.05, 0) is 18.8 Å². The molecule has 0 radical (unpaired) electrons. The summed E-state index contributed by atoms with van der Waals surface area (Å²) in [5.74, 6) is 2.85. The molecule has 0 aromatic rings. The number of terminal acetylenes is 1. The molecule has 2 bridgehead atoms. The van der Waals surface area contributed by atoms with Gasteiger partial charge in [0.05, 0.1) is 5.75 Å². The van der Waals surface area contributed by atoms with Crippen molar-refractivity contribution in [3.63, 3.8) is 0 Å². The Morgan fingerprint density at radius 3 is 2.76 bits per heavy atom. The lowest BCUT2D eigenvalue weighted by atomic mass is 9.74. The van der Waals surface area contributed by atoms with Gasteiger partial charge in [-0.15, -0.1) is 6.42 Å². The highest BCUT2D eigenvalue weighted by molar-refractivity contribution is 7.94. The van der Waals surface area contributed by atoms with Crippen molar-refractivity contribution >= 4 is 15.7 Å². The number of sulfone groups is 1. The maximum absolute atomic E-state index is 11.9. The van der Waals surface area contributed by atoms with Gasteiger partial charge in [-0.1, -0.05) is 12.5 Å². The Bertz CT molecular complexity index is 494. The van der Waals surface area contributed by atoms with Crippen molar-refractivity contribution in [1.29, 1.82) is 0 Å². The molecule has 0 aromatic carbocycles. The highest BCUT2D eigenvalue weighted by Crippen LogP contribution is 2.50. The van der Waals surface area contributed by atoms with E-state index < -0.39 is 15.4 Å². The van der Waals surface area contributed by atoms with E-state index in [1.807, 2.05) is 0 Å². The quantitative estimate of drug-likeness (QED) is 0.688. The van der Waals surface area contributed by atoms with E-state index in [0.29, 0.717) is 12.5 Å². The zero-order chi connectivity index (χ0) is 12.7. The standard InChI is InChI=1S/C12H15NO3S/c1-3-12-7-10(8-12)9-13(12)11(14)5-6-17(15,16)4-2/h1,4,10H,2,5-9H2. The molecule has 0 unspecified atom stereocenters. The van der Waals surface area contributed by atoms with Crippen LogP contribution in [0, 0.1) is 18.3 Å². The van der Waals surface area contributed by atoms with Crippen LogP contribution in [0.1, 0.15) is 19.3 Å². The molecule has 17 heavy (non-hydrogen) atoms. The lowest BCUT2D eigenvalue weighted by molar-refractivity contribution is -0.132. The van der Waals surface area contributed by atoms with E-state index in [9.17, 15) is 13.2 Å². The summed E-state index contributed by atoms with van der Waals surface area (Å²) in [4.78, 5) is 13.6. The number of carbonyl (C=O) groups excluding carboxylic acids is 1. The Hall–Kier alpha value is -1.28. The fraction of sp³-hybridized carbons (Fsp3) is 0.583. The van der Waals surface area contributed by atoms with E-state index >= 15 is 0 Å². The van der Waals surface area contributed by atoms with Crippen LogP contribution < -0.4 is 0 Å². The second kappa shape index (κ2) is 3.88. The van der Waals surface area contributed by atoms with Crippen LogP contribution in [0.3, 0.4) is 0 Å². The van der Waals surface area contributed by atoms with Crippen molar-refractivity contribution < 1.29 is 13.2 Å². The molecule has 92 valence electrons. The molecule has 0 aromatic heterocycles. The van der Waals surface area contributed by atoms with E-state index in [-0.39, 0.29) is 18.1 Å². The molecule has 1 saturated carbocycles. The predicted octanol–water partition coefficient (Wildman–Crippen LogP) is 0.559. The monoisotopic (exact) mass is 253 g/mol. The van der Waals surface area contributed by atoms with Crippen LogP contribution >= 0.6 is 0 Å². The Morgan fingerprint density at radius 1 is 1.59 bits per heavy atom. The minimum absolute atomic E-state index is 0.00942. The van der Waals surface area contributed by atoms with Crippen molar-refractivity contribution in [2.45, 2.75) is 24.8 Å². The molecule has 0 spiro atoms. The molecule has 0 atom stereocenters. The number of hydrogen-bond acceptors (Lipinski definition) is 3. The Kier molecular flexibility index (Phi) is 2.78. The number of hydrogen-bond donors (Lipinski definition) is 0. The number of rotatable bonds is 4. The lowest BCUT2D eigenvalue weighted by Gasteiger charge is -2.37. The summed E-state index contributed by atoms with van der Waals surface area (Å²) >= 11 is 0. The van der Waals surface area contributed by atoms with Gasteiger partial charge < -0.3 is 4.90 Å². The Labute approximate surface area is 102 Å². The normalized spacial score (nSPS) is 30.5. The number of nitrogens with zero attached hydrogens (tertiary/aromatic N) is 1. The fourth-order valence-corrected chi connectivity index (χ4v) is 3.29. The third-order valence-corrected chi connectivity index (χ3v) is 4.92. The summed E-state index contributed by atoms with van der Waals surface area (Å²) in [6.07, 6.45) is 7.18. The summed E-state index contributed by atoms with van der Waals surface area (Å²) in [6, 6.07) is 0. The van der Waals surface area contributed by atoms with Crippen LogP contribution in [0.15, 0.2) is 12.0 Å². The zero-order valence-corrected chi connectivity index (χ0v) is 10.4. The van der Waals surface area contributed by atoms with Crippen LogP contribution in [0.5, 0.6) is 0 Å². The van der Waals surface area contributed by atoms with Gasteiger partial charge >= 0.3 is 0 Å². The van der Waals surface area contributed by atoms with E-state index in [2.05, 4.69) is 12.5 Å². The molecule has 2 heterocycles. The molecule has 3 rings (SSSR count). The summed E-state index contributed by atoms with van der Waals surface area (Å²) in [5, 5.41) is 0.890. The maximum Gasteiger partial charge on any atom is 0.224 e. The minimum atomic E-state index is -3.31. The van der Waals surface area contributed by atoms with E-state index in [0.717, 1.165) is 18.2 Å². The number of carbonyl (C=O) groups is 1. The SMILES string of the molecule is C#CC12CC(CN1C(=O)CCS(=O)(=O)C=C)C2. The van der Waals surface area contributed by atoms with E-state index in [4.69, 9.17) is 6.42 Å². The minimum Gasteiger partial charge on any atom is -0.326 e. The van der Waals surface area contributed by atoms with Crippen LogP contribution in [-0.2, 0) is 14.6 Å². The third-order valence-electron chi connectivity index (χ3n) is 3.63. The van der Waals surface area contributed by atoms with Gasteiger partial charge in [-0.3, -0.25) is 4.79 Å². The molecule has 1 aliphatic carbocycles. The second-order valence-electron chi connectivity index (χ2n) is 4.74. The van der Waals surface area contributed by atoms with Gasteiger partial charge in [-0.25, -0.2) is 8.42 Å². The number of amides is 1. The zero-order valence-electron chi connectivity index (χ0n) is 9.55. The van der Waals surface area contributed by atoms with Gasteiger partial charge in [-0.2, -0.15) is 0 Å². The molecule has 2 saturated heterocycles. The smallest absolute Gasteiger partial charge is 0.224 e. The first-order valence-electron chi connectivity index (χ1n) is 5.56.